The molecule has 1 atom stereocenters. The van der Waals surface area contributed by atoms with E-state index in [0.717, 1.165) is 32.2 Å². The number of nitrogens with zero attached hydrogens (tertiary/aromatic N) is 2. The Morgan fingerprint density at radius 1 is 1.25 bits per heavy atom. The summed E-state index contributed by atoms with van der Waals surface area (Å²) in [7, 11) is 0. The van der Waals surface area contributed by atoms with E-state index in [0.29, 0.717) is 6.54 Å². The van der Waals surface area contributed by atoms with Gasteiger partial charge in [0.2, 0.25) is 0 Å². The molecule has 0 aromatic rings. The third-order valence-corrected chi connectivity index (χ3v) is 3.52. The molecule has 0 saturated carbocycles. The number of amides is 3. The van der Waals surface area contributed by atoms with Crippen molar-refractivity contribution in [2.24, 2.45) is 0 Å². The standard InChI is InChI=1S/C12H20N2O2/c1-2-3-4-5-8-14-11(15)10-7-6-9-13(10)12(14)16/h10H,2-9H2,1H3. The average Bonchev–Trinajstić information content (AvgIpc) is 2.83. The van der Waals surface area contributed by atoms with Gasteiger partial charge in [0.1, 0.15) is 6.04 Å². The molecule has 2 heterocycles. The first kappa shape index (κ1) is 11.4. The second-order valence-electron chi connectivity index (χ2n) is 4.68. The summed E-state index contributed by atoms with van der Waals surface area (Å²) in [4.78, 5) is 27.0. The summed E-state index contributed by atoms with van der Waals surface area (Å²) in [6, 6.07) is -0.178. The number of imide groups is 1. The zero-order valence-electron chi connectivity index (χ0n) is 9.95. The molecule has 4 nitrogen and oxygen atoms in total. The van der Waals surface area contributed by atoms with Gasteiger partial charge in [-0.3, -0.25) is 9.69 Å². The lowest BCUT2D eigenvalue weighted by molar-refractivity contribution is -0.128. The second-order valence-corrected chi connectivity index (χ2v) is 4.68. The van der Waals surface area contributed by atoms with Gasteiger partial charge in [-0.25, -0.2) is 4.79 Å². The highest BCUT2D eigenvalue weighted by atomic mass is 16.2. The predicted octanol–water partition coefficient (Wildman–Crippen LogP) is 1.99. The molecule has 0 N–H and O–H groups in total. The van der Waals surface area contributed by atoms with Crippen molar-refractivity contribution in [1.82, 2.24) is 9.80 Å². The Balaban J connectivity index is 1.86. The van der Waals surface area contributed by atoms with Gasteiger partial charge in [0.05, 0.1) is 0 Å². The van der Waals surface area contributed by atoms with Crippen molar-refractivity contribution < 1.29 is 9.59 Å². The molecule has 0 bridgehead atoms. The summed E-state index contributed by atoms with van der Waals surface area (Å²) in [5, 5.41) is 0. The van der Waals surface area contributed by atoms with Gasteiger partial charge < -0.3 is 4.90 Å². The van der Waals surface area contributed by atoms with Gasteiger partial charge in [0.15, 0.2) is 0 Å². The average molecular weight is 224 g/mol. The molecule has 0 radical (unpaired) electrons. The maximum absolute atomic E-state index is 11.9. The quantitative estimate of drug-likeness (QED) is 0.529. The Bertz CT molecular complexity index is 269. The van der Waals surface area contributed by atoms with Crippen molar-refractivity contribution in [3.8, 4) is 0 Å². The lowest BCUT2D eigenvalue weighted by Gasteiger charge is -2.15. The van der Waals surface area contributed by atoms with Gasteiger partial charge in [0.25, 0.3) is 5.91 Å². The van der Waals surface area contributed by atoms with E-state index in [4.69, 9.17) is 0 Å². The van der Waals surface area contributed by atoms with Crippen LogP contribution < -0.4 is 0 Å². The minimum Gasteiger partial charge on any atom is -0.312 e. The normalized spacial score (nSPS) is 24.4. The summed E-state index contributed by atoms with van der Waals surface area (Å²) in [6.45, 7) is 3.54. The molecule has 0 aromatic carbocycles. The predicted molar refractivity (Wildman–Crippen MR) is 61.0 cm³/mol. The number of carbonyl (C=O) groups is 2. The van der Waals surface area contributed by atoms with Crippen LogP contribution >= 0.6 is 0 Å². The van der Waals surface area contributed by atoms with Gasteiger partial charge in [0, 0.05) is 13.1 Å². The number of hydrogen-bond acceptors (Lipinski definition) is 2. The van der Waals surface area contributed by atoms with Gasteiger partial charge in [-0.1, -0.05) is 26.2 Å². The number of unbranched alkanes of at least 4 members (excludes halogenated alkanes) is 3. The topological polar surface area (TPSA) is 40.6 Å². The summed E-state index contributed by atoms with van der Waals surface area (Å²) in [5.41, 5.74) is 0. The van der Waals surface area contributed by atoms with Crippen LogP contribution in [0.5, 0.6) is 0 Å². The summed E-state index contributed by atoms with van der Waals surface area (Å²) >= 11 is 0. The second kappa shape index (κ2) is 4.85. The van der Waals surface area contributed by atoms with Gasteiger partial charge in [-0.15, -0.1) is 0 Å². The van der Waals surface area contributed by atoms with E-state index in [2.05, 4.69) is 6.92 Å². The monoisotopic (exact) mass is 224 g/mol. The molecule has 2 saturated heterocycles. The molecule has 3 amide bonds. The lowest BCUT2D eigenvalue weighted by atomic mass is 10.2. The van der Waals surface area contributed by atoms with Crippen LogP contribution in [0.2, 0.25) is 0 Å². The van der Waals surface area contributed by atoms with E-state index < -0.39 is 0 Å². The summed E-state index contributed by atoms with van der Waals surface area (Å²) in [6.07, 6.45) is 6.26. The first-order valence-electron chi connectivity index (χ1n) is 6.37. The first-order chi connectivity index (χ1) is 7.75. The number of rotatable bonds is 5. The molecule has 0 spiro atoms. The fourth-order valence-corrected chi connectivity index (χ4v) is 2.58. The fourth-order valence-electron chi connectivity index (χ4n) is 2.58. The van der Waals surface area contributed by atoms with Crippen LogP contribution in [0.4, 0.5) is 4.79 Å². The van der Waals surface area contributed by atoms with Crippen LogP contribution in [0.25, 0.3) is 0 Å². The zero-order chi connectivity index (χ0) is 11.5. The van der Waals surface area contributed by atoms with Gasteiger partial charge in [-0.05, 0) is 19.3 Å². The first-order valence-corrected chi connectivity index (χ1v) is 6.37. The van der Waals surface area contributed by atoms with Crippen LogP contribution in [-0.2, 0) is 4.79 Å². The molecule has 2 rings (SSSR count). The minimum atomic E-state index is -0.126. The Morgan fingerprint density at radius 2 is 2.06 bits per heavy atom. The van der Waals surface area contributed by atoms with E-state index >= 15 is 0 Å². The van der Waals surface area contributed by atoms with Gasteiger partial charge >= 0.3 is 6.03 Å². The van der Waals surface area contributed by atoms with Crippen LogP contribution in [0.15, 0.2) is 0 Å². The molecule has 0 aromatic heterocycles. The van der Waals surface area contributed by atoms with E-state index in [-0.39, 0.29) is 18.0 Å². The van der Waals surface area contributed by atoms with E-state index in [1.807, 2.05) is 0 Å². The third-order valence-electron chi connectivity index (χ3n) is 3.52. The summed E-state index contributed by atoms with van der Waals surface area (Å²) < 4.78 is 0. The van der Waals surface area contributed by atoms with Crippen molar-refractivity contribution in [3.05, 3.63) is 0 Å². The van der Waals surface area contributed by atoms with Crippen molar-refractivity contribution >= 4 is 11.9 Å². The molecule has 90 valence electrons. The largest absolute Gasteiger partial charge is 0.327 e. The molecule has 4 heteroatoms. The van der Waals surface area contributed by atoms with Crippen LogP contribution in [0.1, 0.15) is 45.4 Å². The molecular formula is C12H20N2O2. The number of fused-ring (bicyclic) bond motifs is 1. The SMILES string of the molecule is CCCCCCN1C(=O)C2CCCN2C1=O. The molecule has 2 aliphatic rings. The Hall–Kier alpha value is -1.06. The van der Waals surface area contributed by atoms with Crippen molar-refractivity contribution in [2.45, 2.75) is 51.5 Å². The van der Waals surface area contributed by atoms with E-state index in [1.54, 1.807) is 4.90 Å². The molecule has 2 fully saturated rings. The van der Waals surface area contributed by atoms with Crippen molar-refractivity contribution in [2.75, 3.05) is 13.1 Å². The fraction of sp³-hybridized carbons (Fsp3) is 0.833. The van der Waals surface area contributed by atoms with E-state index in [1.165, 1.54) is 17.7 Å². The Labute approximate surface area is 96.6 Å². The van der Waals surface area contributed by atoms with E-state index in [9.17, 15) is 9.59 Å². The highest BCUT2D eigenvalue weighted by Gasteiger charge is 2.46. The molecule has 2 aliphatic heterocycles. The number of hydrogen-bond donors (Lipinski definition) is 0. The summed E-state index contributed by atoms with van der Waals surface area (Å²) in [5.74, 6) is 0.0407. The molecular weight excluding hydrogens is 204 g/mol. The molecule has 0 aliphatic carbocycles. The van der Waals surface area contributed by atoms with Crippen molar-refractivity contribution in [3.63, 3.8) is 0 Å². The lowest BCUT2D eigenvalue weighted by Crippen LogP contribution is -2.33. The zero-order valence-corrected chi connectivity index (χ0v) is 9.95. The highest BCUT2D eigenvalue weighted by Crippen LogP contribution is 2.27. The number of carbonyl (C=O) groups excluding carboxylic acids is 2. The van der Waals surface area contributed by atoms with Gasteiger partial charge in [-0.2, -0.15) is 0 Å². The number of urea groups is 1. The van der Waals surface area contributed by atoms with Crippen molar-refractivity contribution in [1.29, 1.82) is 0 Å². The smallest absolute Gasteiger partial charge is 0.312 e. The van der Waals surface area contributed by atoms with Crippen LogP contribution in [-0.4, -0.2) is 40.9 Å². The van der Waals surface area contributed by atoms with Crippen LogP contribution in [0, 0.1) is 0 Å². The highest BCUT2D eigenvalue weighted by molar-refractivity contribution is 6.04. The van der Waals surface area contributed by atoms with Crippen LogP contribution in [0.3, 0.4) is 0 Å². The molecule has 1 unspecified atom stereocenters. The third kappa shape index (κ3) is 1.93. The Kier molecular flexibility index (Phi) is 3.46. The maximum atomic E-state index is 11.9. The maximum Gasteiger partial charge on any atom is 0.327 e. The molecule has 16 heavy (non-hydrogen) atoms. The Morgan fingerprint density at radius 3 is 2.75 bits per heavy atom. The minimum absolute atomic E-state index is 0.0407.